The van der Waals surface area contributed by atoms with E-state index in [1.807, 2.05) is 13.8 Å². The van der Waals surface area contributed by atoms with Gasteiger partial charge in [-0.3, -0.25) is 4.99 Å². The van der Waals surface area contributed by atoms with Crippen molar-refractivity contribution >= 4 is 18.3 Å². The molecule has 0 fully saturated rings. The van der Waals surface area contributed by atoms with Crippen LogP contribution in [0.3, 0.4) is 0 Å². The lowest BCUT2D eigenvalue weighted by molar-refractivity contribution is 0.944. The average molecular weight is 131 g/mol. The highest BCUT2D eigenvalue weighted by atomic mass is 32.1. The smallest absolute Gasteiger partial charge is 0.0396 e. The standard InChI is InChI=1S/C6H13NS/c1-6(2)7-4-3-5-8/h8H,3-5H2,1-2H3. The van der Waals surface area contributed by atoms with E-state index in [-0.39, 0.29) is 0 Å². The van der Waals surface area contributed by atoms with Gasteiger partial charge in [0.15, 0.2) is 0 Å². The van der Waals surface area contributed by atoms with Gasteiger partial charge in [0.25, 0.3) is 0 Å². The Hall–Kier alpha value is 0.0200. The molecule has 0 aliphatic carbocycles. The molecule has 2 heteroatoms. The molecule has 0 heterocycles. The molecule has 0 unspecified atom stereocenters. The second-order valence-electron chi connectivity index (χ2n) is 1.91. The minimum Gasteiger partial charge on any atom is -0.295 e. The van der Waals surface area contributed by atoms with Crippen molar-refractivity contribution in [2.75, 3.05) is 12.3 Å². The van der Waals surface area contributed by atoms with Gasteiger partial charge < -0.3 is 0 Å². The summed E-state index contributed by atoms with van der Waals surface area (Å²) in [6.07, 6.45) is 1.09. The quantitative estimate of drug-likeness (QED) is 0.340. The lowest BCUT2D eigenvalue weighted by Crippen LogP contribution is -1.86. The van der Waals surface area contributed by atoms with E-state index >= 15 is 0 Å². The van der Waals surface area contributed by atoms with E-state index in [9.17, 15) is 0 Å². The molecule has 0 spiro atoms. The van der Waals surface area contributed by atoms with Crippen LogP contribution in [0.4, 0.5) is 0 Å². The Bertz CT molecular complexity index is 74.6. The van der Waals surface area contributed by atoms with Crippen LogP contribution < -0.4 is 0 Å². The number of thiol groups is 1. The minimum absolute atomic E-state index is 0.936. The number of aliphatic imine (C=N–C) groups is 1. The summed E-state index contributed by atoms with van der Waals surface area (Å²) in [5.74, 6) is 0.941. The van der Waals surface area contributed by atoms with E-state index in [0.29, 0.717) is 0 Å². The zero-order chi connectivity index (χ0) is 6.41. The molecule has 0 aromatic heterocycles. The molecule has 0 aliphatic heterocycles. The van der Waals surface area contributed by atoms with Crippen LogP contribution in [-0.4, -0.2) is 18.0 Å². The molecular formula is C6H13NS. The van der Waals surface area contributed by atoms with Crippen molar-refractivity contribution in [3.63, 3.8) is 0 Å². The van der Waals surface area contributed by atoms with Crippen molar-refractivity contribution in [2.45, 2.75) is 20.3 Å². The van der Waals surface area contributed by atoms with E-state index in [1.54, 1.807) is 0 Å². The Kier molecular flexibility index (Phi) is 5.18. The van der Waals surface area contributed by atoms with Crippen LogP contribution in [0.1, 0.15) is 20.3 Å². The molecule has 0 aliphatic rings. The van der Waals surface area contributed by atoms with Crippen LogP contribution >= 0.6 is 12.6 Å². The van der Waals surface area contributed by atoms with Crippen molar-refractivity contribution in [1.29, 1.82) is 0 Å². The summed E-state index contributed by atoms with van der Waals surface area (Å²) in [6, 6.07) is 0. The van der Waals surface area contributed by atoms with Crippen molar-refractivity contribution in [2.24, 2.45) is 4.99 Å². The Balaban J connectivity index is 3.03. The third-order valence-electron chi connectivity index (χ3n) is 0.744. The molecular weight excluding hydrogens is 118 g/mol. The summed E-state index contributed by atoms with van der Waals surface area (Å²) in [7, 11) is 0. The first kappa shape index (κ1) is 8.02. The summed E-state index contributed by atoms with van der Waals surface area (Å²) >= 11 is 4.05. The second-order valence-corrected chi connectivity index (χ2v) is 2.35. The molecule has 0 aromatic rings. The summed E-state index contributed by atoms with van der Waals surface area (Å²) < 4.78 is 0. The van der Waals surface area contributed by atoms with E-state index < -0.39 is 0 Å². The molecule has 0 radical (unpaired) electrons. The number of hydrogen-bond acceptors (Lipinski definition) is 2. The van der Waals surface area contributed by atoms with Gasteiger partial charge in [-0.15, -0.1) is 0 Å². The lowest BCUT2D eigenvalue weighted by atomic mass is 10.4. The Labute approximate surface area is 56.6 Å². The third kappa shape index (κ3) is 6.02. The Morgan fingerprint density at radius 2 is 2.12 bits per heavy atom. The summed E-state index contributed by atoms with van der Waals surface area (Å²) in [6.45, 7) is 4.96. The summed E-state index contributed by atoms with van der Waals surface area (Å²) in [4.78, 5) is 4.18. The highest BCUT2D eigenvalue weighted by molar-refractivity contribution is 7.80. The molecule has 48 valence electrons. The van der Waals surface area contributed by atoms with E-state index in [0.717, 1.165) is 24.4 Å². The molecule has 8 heavy (non-hydrogen) atoms. The lowest BCUT2D eigenvalue weighted by Gasteiger charge is -1.89. The highest BCUT2D eigenvalue weighted by Crippen LogP contribution is 1.84. The van der Waals surface area contributed by atoms with Gasteiger partial charge in [-0.25, -0.2) is 0 Å². The van der Waals surface area contributed by atoms with Crippen LogP contribution in [0.15, 0.2) is 4.99 Å². The van der Waals surface area contributed by atoms with Gasteiger partial charge in [-0.05, 0) is 26.0 Å². The van der Waals surface area contributed by atoms with Crippen LogP contribution in [0.25, 0.3) is 0 Å². The van der Waals surface area contributed by atoms with Crippen LogP contribution in [0.2, 0.25) is 0 Å². The van der Waals surface area contributed by atoms with Gasteiger partial charge in [0.1, 0.15) is 0 Å². The first-order valence-corrected chi connectivity index (χ1v) is 3.49. The fourth-order valence-corrected chi connectivity index (χ4v) is 0.515. The maximum Gasteiger partial charge on any atom is 0.0396 e. The average Bonchev–Trinajstić information content (AvgIpc) is 1.66. The van der Waals surface area contributed by atoms with Gasteiger partial charge in [-0.1, -0.05) is 0 Å². The fourth-order valence-electron chi connectivity index (χ4n) is 0.373. The molecule has 0 amide bonds. The minimum atomic E-state index is 0.936. The van der Waals surface area contributed by atoms with E-state index in [4.69, 9.17) is 0 Å². The number of nitrogens with zero attached hydrogens (tertiary/aromatic N) is 1. The number of hydrogen-bond donors (Lipinski definition) is 1. The second kappa shape index (κ2) is 5.16. The van der Waals surface area contributed by atoms with E-state index in [1.165, 1.54) is 0 Å². The molecule has 1 nitrogen and oxygen atoms in total. The molecule has 0 bridgehead atoms. The van der Waals surface area contributed by atoms with Gasteiger partial charge in [0.2, 0.25) is 0 Å². The first-order valence-electron chi connectivity index (χ1n) is 2.86. The predicted octanol–water partition coefficient (Wildman–Crippen LogP) is 1.79. The zero-order valence-corrected chi connectivity index (χ0v) is 6.41. The Morgan fingerprint density at radius 1 is 1.50 bits per heavy atom. The molecule has 0 atom stereocenters. The molecule has 0 aromatic carbocycles. The van der Waals surface area contributed by atoms with Gasteiger partial charge in [0.05, 0.1) is 0 Å². The third-order valence-corrected chi connectivity index (χ3v) is 1.06. The summed E-state index contributed by atoms with van der Waals surface area (Å²) in [5, 5.41) is 0. The maximum atomic E-state index is 4.18. The topological polar surface area (TPSA) is 12.4 Å². The molecule has 0 rings (SSSR count). The van der Waals surface area contributed by atoms with Crippen LogP contribution in [-0.2, 0) is 0 Å². The first-order chi connectivity index (χ1) is 3.77. The van der Waals surface area contributed by atoms with Gasteiger partial charge in [0, 0.05) is 12.3 Å². The highest BCUT2D eigenvalue weighted by Gasteiger charge is 1.78. The van der Waals surface area contributed by atoms with Crippen LogP contribution in [0, 0.1) is 0 Å². The molecule has 0 saturated carbocycles. The van der Waals surface area contributed by atoms with Crippen molar-refractivity contribution in [1.82, 2.24) is 0 Å². The van der Waals surface area contributed by atoms with Crippen molar-refractivity contribution in [3.8, 4) is 0 Å². The van der Waals surface area contributed by atoms with E-state index in [2.05, 4.69) is 17.6 Å². The van der Waals surface area contributed by atoms with Gasteiger partial charge >= 0.3 is 0 Å². The normalized spacial score (nSPS) is 8.88. The van der Waals surface area contributed by atoms with Crippen molar-refractivity contribution in [3.05, 3.63) is 0 Å². The maximum absolute atomic E-state index is 4.18. The van der Waals surface area contributed by atoms with Gasteiger partial charge in [-0.2, -0.15) is 12.6 Å². The summed E-state index contributed by atoms with van der Waals surface area (Å²) in [5.41, 5.74) is 1.16. The molecule has 0 N–H and O–H groups in total. The zero-order valence-electron chi connectivity index (χ0n) is 5.52. The molecule has 0 saturated heterocycles. The fraction of sp³-hybridized carbons (Fsp3) is 0.833. The largest absolute Gasteiger partial charge is 0.295 e. The Morgan fingerprint density at radius 3 is 2.50 bits per heavy atom. The SMILES string of the molecule is CC(C)=NCCCS. The number of rotatable bonds is 3. The van der Waals surface area contributed by atoms with Crippen LogP contribution in [0.5, 0.6) is 0 Å². The van der Waals surface area contributed by atoms with Crippen molar-refractivity contribution < 1.29 is 0 Å². The predicted molar refractivity (Wildman–Crippen MR) is 42.1 cm³/mol. The monoisotopic (exact) mass is 131 g/mol.